The van der Waals surface area contributed by atoms with E-state index in [4.69, 9.17) is 0 Å². The zero-order chi connectivity index (χ0) is 26.0. The molecular formula is C30H59NO4. The molecule has 0 rings (SSSR count). The Morgan fingerprint density at radius 1 is 0.714 bits per heavy atom. The molecule has 4 N–H and O–H groups in total. The lowest BCUT2D eigenvalue weighted by Crippen LogP contribution is -2.45. The number of nitrogens with one attached hydrogen (secondary N) is 1. The van der Waals surface area contributed by atoms with Crippen LogP contribution in [-0.4, -0.2) is 46.1 Å². The van der Waals surface area contributed by atoms with Crippen molar-refractivity contribution in [2.45, 2.75) is 167 Å². The molecule has 0 saturated carbocycles. The van der Waals surface area contributed by atoms with Gasteiger partial charge in [0, 0.05) is 0 Å². The molecule has 0 radical (unpaired) electrons. The van der Waals surface area contributed by atoms with Crippen molar-refractivity contribution >= 4 is 5.91 Å². The maximum absolute atomic E-state index is 12.2. The van der Waals surface area contributed by atoms with Gasteiger partial charge in [0.2, 0.25) is 5.91 Å². The first kappa shape index (κ1) is 34.1. The highest BCUT2D eigenvalue weighted by Crippen LogP contribution is 2.13. The maximum Gasteiger partial charge on any atom is 0.222 e. The second-order valence-corrected chi connectivity index (χ2v) is 10.4. The molecule has 0 spiro atoms. The van der Waals surface area contributed by atoms with Gasteiger partial charge in [0.15, 0.2) is 0 Å². The Morgan fingerprint density at radius 2 is 1.17 bits per heavy atom. The third-order valence-corrected chi connectivity index (χ3v) is 6.82. The van der Waals surface area contributed by atoms with Crippen LogP contribution in [0, 0.1) is 0 Å². The Kier molecular flexibility index (Phi) is 25.5. The Balaban J connectivity index is 3.83. The fourth-order valence-corrected chi connectivity index (χ4v) is 4.45. The van der Waals surface area contributed by atoms with E-state index < -0.39 is 18.2 Å². The Bertz CT molecular complexity index is 483. The number of carbonyl (C=O) groups is 1. The van der Waals surface area contributed by atoms with Gasteiger partial charge in [-0.05, 0) is 19.3 Å². The van der Waals surface area contributed by atoms with Crippen LogP contribution in [0.1, 0.15) is 149 Å². The summed E-state index contributed by atoms with van der Waals surface area (Å²) >= 11 is 0. The van der Waals surface area contributed by atoms with E-state index in [1.54, 1.807) is 6.08 Å². The van der Waals surface area contributed by atoms with Gasteiger partial charge in [-0.25, -0.2) is 0 Å². The third kappa shape index (κ3) is 23.3. The minimum atomic E-state index is -0.920. The summed E-state index contributed by atoms with van der Waals surface area (Å²) < 4.78 is 0. The molecule has 0 fully saturated rings. The van der Waals surface area contributed by atoms with E-state index in [2.05, 4.69) is 19.2 Å². The molecule has 1 amide bonds. The molecule has 0 bridgehead atoms. The van der Waals surface area contributed by atoms with Crippen LogP contribution >= 0.6 is 0 Å². The number of aliphatic hydroxyl groups excluding tert-OH is 3. The van der Waals surface area contributed by atoms with Crippen LogP contribution in [0.25, 0.3) is 0 Å². The molecule has 0 aliphatic rings. The highest BCUT2D eigenvalue weighted by molar-refractivity contribution is 5.76. The van der Waals surface area contributed by atoms with E-state index in [-0.39, 0.29) is 18.9 Å². The smallest absolute Gasteiger partial charge is 0.222 e. The largest absolute Gasteiger partial charge is 0.394 e. The first-order valence-electron chi connectivity index (χ1n) is 15.0. The highest BCUT2D eigenvalue weighted by Gasteiger charge is 2.20. The van der Waals surface area contributed by atoms with E-state index in [9.17, 15) is 20.1 Å². The molecule has 3 unspecified atom stereocenters. The summed E-state index contributed by atoms with van der Waals surface area (Å²) in [5.74, 6) is -0.321. The molecular weight excluding hydrogens is 438 g/mol. The van der Waals surface area contributed by atoms with Crippen LogP contribution in [0.3, 0.4) is 0 Å². The van der Waals surface area contributed by atoms with Crippen LogP contribution in [0.2, 0.25) is 0 Å². The summed E-state index contributed by atoms with van der Waals surface area (Å²) in [6.07, 6.45) is 26.2. The summed E-state index contributed by atoms with van der Waals surface area (Å²) in [6.45, 7) is 4.14. The third-order valence-electron chi connectivity index (χ3n) is 6.82. The van der Waals surface area contributed by atoms with Crippen molar-refractivity contribution in [2.75, 3.05) is 6.61 Å². The van der Waals surface area contributed by atoms with Crippen LogP contribution in [0.15, 0.2) is 12.2 Å². The fraction of sp³-hybridized carbons (Fsp3) is 0.900. The van der Waals surface area contributed by atoms with Crippen molar-refractivity contribution in [3.05, 3.63) is 12.2 Å². The van der Waals surface area contributed by atoms with Gasteiger partial charge < -0.3 is 20.6 Å². The van der Waals surface area contributed by atoms with Crippen LogP contribution in [-0.2, 0) is 4.79 Å². The maximum atomic E-state index is 12.2. The Labute approximate surface area is 217 Å². The lowest BCUT2D eigenvalue weighted by atomic mass is 10.0. The summed E-state index contributed by atoms with van der Waals surface area (Å²) in [5, 5.41) is 32.7. The minimum absolute atomic E-state index is 0.0159. The van der Waals surface area contributed by atoms with Gasteiger partial charge in [0.05, 0.1) is 31.3 Å². The zero-order valence-electron chi connectivity index (χ0n) is 23.2. The van der Waals surface area contributed by atoms with Gasteiger partial charge >= 0.3 is 0 Å². The van der Waals surface area contributed by atoms with Crippen LogP contribution in [0.4, 0.5) is 0 Å². The first-order valence-corrected chi connectivity index (χ1v) is 15.0. The SMILES string of the molecule is CCCCCCCCCCCC/C=C/C(O)C(CO)NC(=O)CC(O)CCCCCCCCCC. The van der Waals surface area contributed by atoms with Crippen molar-refractivity contribution < 1.29 is 20.1 Å². The lowest BCUT2D eigenvalue weighted by molar-refractivity contribution is -0.124. The lowest BCUT2D eigenvalue weighted by Gasteiger charge is -2.21. The van der Waals surface area contributed by atoms with Gasteiger partial charge in [0.25, 0.3) is 0 Å². The molecule has 208 valence electrons. The second-order valence-electron chi connectivity index (χ2n) is 10.4. The van der Waals surface area contributed by atoms with E-state index in [1.807, 2.05) is 6.08 Å². The molecule has 0 aromatic carbocycles. The van der Waals surface area contributed by atoms with Gasteiger partial charge in [0.1, 0.15) is 0 Å². The molecule has 0 saturated heterocycles. The van der Waals surface area contributed by atoms with Crippen LogP contribution in [0.5, 0.6) is 0 Å². The molecule has 5 nitrogen and oxygen atoms in total. The normalized spacial score (nSPS) is 14.3. The highest BCUT2D eigenvalue weighted by atomic mass is 16.3. The standard InChI is InChI=1S/C30H59NO4/c1-3-5-7-9-11-13-14-15-16-18-20-22-24-29(34)28(26-32)31-30(35)25-27(33)23-21-19-17-12-10-8-6-4-2/h22,24,27-29,32-34H,3-21,23,25-26H2,1-2H3,(H,31,35)/b24-22+. The second kappa shape index (κ2) is 26.2. The molecule has 0 aliphatic heterocycles. The number of hydrogen-bond acceptors (Lipinski definition) is 4. The van der Waals surface area contributed by atoms with Gasteiger partial charge in [-0.15, -0.1) is 0 Å². The summed E-state index contributed by atoms with van der Waals surface area (Å²) in [4.78, 5) is 12.2. The summed E-state index contributed by atoms with van der Waals surface area (Å²) in [7, 11) is 0. The monoisotopic (exact) mass is 497 g/mol. The minimum Gasteiger partial charge on any atom is -0.394 e. The summed E-state index contributed by atoms with van der Waals surface area (Å²) in [5.41, 5.74) is 0. The van der Waals surface area contributed by atoms with Gasteiger partial charge in [-0.2, -0.15) is 0 Å². The predicted octanol–water partition coefficient (Wildman–Crippen LogP) is 6.97. The zero-order valence-corrected chi connectivity index (χ0v) is 23.2. The van der Waals surface area contributed by atoms with E-state index >= 15 is 0 Å². The number of aliphatic hydroxyl groups is 3. The van der Waals surface area contributed by atoms with Gasteiger partial charge in [-0.1, -0.05) is 135 Å². The molecule has 5 heteroatoms. The molecule has 0 aliphatic carbocycles. The van der Waals surface area contributed by atoms with E-state index in [1.165, 1.54) is 96.3 Å². The average molecular weight is 498 g/mol. The predicted molar refractivity (Wildman–Crippen MR) is 148 cm³/mol. The van der Waals surface area contributed by atoms with Crippen LogP contribution < -0.4 is 5.32 Å². The number of amides is 1. The number of carbonyl (C=O) groups excluding carboxylic acids is 1. The quantitative estimate of drug-likeness (QED) is 0.0767. The van der Waals surface area contributed by atoms with Crippen molar-refractivity contribution in [3.63, 3.8) is 0 Å². The fourth-order valence-electron chi connectivity index (χ4n) is 4.45. The molecule has 0 heterocycles. The van der Waals surface area contributed by atoms with Crippen molar-refractivity contribution in [1.82, 2.24) is 5.32 Å². The average Bonchev–Trinajstić information content (AvgIpc) is 2.84. The number of rotatable bonds is 26. The summed E-state index contributed by atoms with van der Waals surface area (Å²) in [6, 6.07) is -0.734. The van der Waals surface area contributed by atoms with E-state index in [0.717, 1.165) is 25.7 Å². The molecule has 0 aromatic heterocycles. The van der Waals surface area contributed by atoms with Crippen molar-refractivity contribution in [1.29, 1.82) is 0 Å². The topological polar surface area (TPSA) is 89.8 Å². The number of hydrogen-bond donors (Lipinski definition) is 4. The van der Waals surface area contributed by atoms with E-state index in [0.29, 0.717) is 6.42 Å². The number of unbranched alkanes of at least 4 members (excludes halogenated alkanes) is 17. The number of allylic oxidation sites excluding steroid dienone is 1. The molecule has 35 heavy (non-hydrogen) atoms. The Morgan fingerprint density at radius 3 is 1.66 bits per heavy atom. The Hall–Kier alpha value is -0.910. The molecule has 3 atom stereocenters. The van der Waals surface area contributed by atoms with Gasteiger partial charge in [-0.3, -0.25) is 4.79 Å². The van der Waals surface area contributed by atoms with Crippen molar-refractivity contribution in [2.24, 2.45) is 0 Å². The molecule has 0 aromatic rings. The van der Waals surface area contributed by atoms with Crippen molar-refractivity contribution in [3.8, 4) is 0 Å². The first-order chi connectivity index (χ1) is 17.0.